The predicted molar refractivity (Wildman–Crippen MR) is 110 cm³/mol. The van der Waals surface area contributed by atoms with Crippen LogP contribution in [0.1, 0.15) is 24.2 Å². The molecule has 1 unspecified atom stereocenters. The van der Waals surface area contributed by atoms with Crippen molar-refractivity contribution < 1.29 is 9.59 Å². The molecule has 0 radical (unpaired) electrons. The number of nitrogens with zero attached hydrogens (tertiary/aromatic N) is 2. The molecule has 0 aliphatic rings. The van der Waals surface area contributed by atoms with Gasteiger partial charge in [-0.3, -0.25) is 9.59 Å². The van der Waals surface area contributed by atoms with E-state index in [1.807, 2.05) is 32.0 Å². The van der Waals surface area contributed by atoms with Crippen molar-refractivity contribution >= 4 is 29.1 Å². The molecule has 0 aliphatic carbocycles. The zero-order valence-electron chi connectivity index (χ0n) is 15.6. The second-order valence-electron chi connectivity index (χ2n) is 6.63. The molecular formula is C21H21ClN4O2. The maximum atomic E-state index is 12.9. The molecule has 0 fully saturated rings. The summed E-state index contributed by atoms with van der Waals surface area (Å²) in [7, 11) is 0. The number of benzene rings is 2. The van der Waals surface area contributed by atoms with E-state index in [4.69, 9.17) is 11.6 Å². The second kappa shape index (κ2) is 8.71. The lowest BCUT2D eigenvalue weighted by Crippen LogP contribution is -2.47. The van der Waals surface area contributed by atoms with Crippen LogP contribution in [0.2, 0.25) is 5.02 Å². The highest BCUT2D eigenvalue weighted by molar-refractivity contribution is 6.33. The predicted octanol–water partition coefficient (Wildman–Crippen LogP) is 3.92. The Labute approximate surface area is 168 Å². The van der Waals surface area contributed by atoms with Gasteiger partial charge < -0.3 is 10.6 Å². The van der Waals surface area contributed by atoms with Crippen molar-refractivity contribution in [1.29, 1.82) is 0 Å². The largest absolute Gasteiger partial charge is 0.340 e. The fourth-order valence-corrected chi connectivity index (χ4v) is 3.02. The monoisotopic (exact) mass is 396 g/mol. The number of nitrogens with one attached hydrogen (secondary N) is 2. The number of carbonyl (C=O) groups excluding carboxylic acids is 2. The van der Waals surface area contributed by atoms with Crippen molar-refractivity contribution in [2.45, 2.75) is 19.9 Å². The SMILES string of the molecule is CC(C)C(NC(=O)c1ccccc1Cl)C(=O)Nc1ccccc1-n1cccn1. The Morgan fingerprint density at radius 2 is 1.75 bits per heavy atom. The lowest BCUT2D eigenvalue weighted by atomic mass is 10.0. The molecule has 2 N–H and O–H groups in total. The van der Waals surface area contributed by atoms with Gasteiger partial charge in [0.1, 0.15) is 6.04 Å². The van der Waals surface area contributed by atoms with Crippen LogP contribution in [0.4, 0.5) is 5.69 Å². The van der Waals surface area contributed by atoms with Gasteiger partial charge in [0.2, 0.25) is 5.91 Å². The van der Waals surface area contributed by atoms with Gasteiger partial charge >= 0.3 is 0 Å². The van der Waals surface area contributed by atoms with Crippen molar-refractivity contribution in [2.24, 2.45) is 5.92 Å². The normalized spacial score (nSPS) is 11.9. The Hall–Kier alpha value is -3.12. The number of aromatic nitrogens is 2. The van der Waals surface area contributed by atoms with Crippen LogP contribution in [-0.4, -0.2) is 27.6 Å². The zero-order valence-corrected chi connectivity index (χ0v) is 16.4. The van der Waals surface area contributed by atoms with Crippen LogP contribution >= 0.6 is 11.6 Å². The summed E-state index contributed by atoms with van der Waals surface area (Å²) in [5.74, 6) is -0.821. The average Bonchev–Trinajstić information content (AvgIpc) is 3.21. The number of carbonyl (C=O) groups is 2. The molecule has 6 nitrogen and oxygen atoms in total. The summed E-state index contributed by atoms with van der Waals surface area (Å²) in [6, 6.07) is 15.2. The molecule has 1 aromatic heterocycles. The lowest BCUT2D eigenvalue weighted by Gasteiger charge is -2.22. The van der Waals surface area contributed by atoms with Gasteiger partial charge in [0.25, 0.3) is 5.91 Å². The molecule has 3 aromatic rings. The molecule has 0 saturated heterocycles. The fraction of sp³-hybridized carbons (Fsp3) is 0.190. The van der Waals surface area contributed by atoms with Gasteiger partial charge in [0, 0.05) is 12.4 Å². The van der Waals surface area contributed by atoms with E-state index in [1.54, 1.807) is 53.5 Å². The minimum atomic E-state index is -0.727. The van der Waals surface area contributed by atoms with Gasteiger partial charge in [-0.05, 0) is 36.2 Å². The van der Waals surface area contributed by atoms with E-state index in [0.29, 0.717) is 16.3 Å². The summed E-state index contributed by atoms with van der Waals surface area (Å²) in [5.41, 5.74) is 1.68. The number of rotatable bonds is 6. The van der Waals surface area contributed by atoms with Crippen LogP contribution in [0.25, 0.3) is 5.69 Å². The molecule has 0 bridgehead atoms. The van der Waals surface area contributed by atoms with Gasteiger partial charge in [-0.2, -0.15) is 5.10 Å². The highest BCUT2D eigenvalue weighted by Gasteiger charge is 2.26. The Kier molecular flexibility index (Phi) is 6.11. The Morgan fingerprint density at radius 1 is 1.04 bits per heavy atom. The molecule has 7 heteroatoms. The molecule has 144 valence electrons. The third kappa shape index (κ3) is 4.40. The van der Waals surface area contributed by atoms with Crippen LogP contribution in [0.3, 0.4) is 0 Å². The van der Waals surface area contributed by atoms with Gasteiger partial charge in [-0.15, -0.1) is 0 Å². The van der Waals surface area contributed by atoms with Gasteiger partial charge in [0.15, 0.2) is 0 Å². The molecule has 2 amide bonds. The molecule has 0 saturated carbocycles. The van der Waals surface area contributed by atoms with Crippen LogP contribution in [0, 0.1) is 5.92 Å². The number of hydrogen-bond donors (Lipinski definition) is 2. The van der Waals surface area contributed by atoms with E-state index in [2.05, 4.69) is 15.7 Å². The minimum absolute atomic E-state index is 0.122. The van der Waals surface area contributed by atoms with E-state index < -0.39 is 6.04 Å². The van der Waals surface area contributed by atoms with Crippen molar-refractivity contribution in [2.75, 3.05) is 5.32 Å². The van der Waals surface area contributed by atoms with Crippen molar-refractivity contribution in [1.82, 2.24) is 15.1 Å². The fourth-order valence-electron chi connectivity index (χ4n) is 2.80. The molecule has 28 heavy (non-hydrogen) atoms. The molecule has 1 heterocycles. The molecule has 0 spiro atoms. The summed E-state index contributed by atoms with van der Waals surface area (Å²) in [6.07, 6.45) is 3.46. The van der Waals surface area contributed by atoms with Crippen LogP contribution in [0.5, 0.6) is 0 Å². The summed E-state index contributed by atoms with van der Waals surface area (Å²) >= 11 is 6.10. The topological polar surface area (TPSA) is 76.0 Å². The van der Waals surface area contributed by atoms with Crippen molar-refractivity contribution in [3.63, 3.8) is 0 Å². The third-order valence-electron chi connectivity index (χ3n) is 4.27. The molecule has 0 aliphatic heterocycles. The third-order valence-corrected chi connectivity index (χ3v) is 4.60. The van der Waals surface area contributed by atoms with Crippen molar-refractivity contribution in [3.05, 3.63) is 77.6 Å². The number of anilines is 1. The highest BCUT2D eigenvalue weighted by atomic mass is 35.5. The lowest BCUT2D eigenvalue weighted by molar-refractivity contribution is -0.118. The summed E-state index contributed by atoms with van der Waals surface area (Å²) < 4.78 is 1.67. The van der Waals surface area contributed by atoms with Gasteiger partial charge in [-0.25, -0.2) is 4.68 Å². The second-order valence-corrected chi connectivity index (χ2v) is 7.04. The number of para-hydroxylation sites is 2. The Balaban J connectivity index is 1.80. The van der Waals surface area contributed by atoms with Crippen molar-refractivity contribution in [3.8, 4) is 5.69 Å². The minimum Gasteiger partial charge on any atom is -0.340 e. The first kappa shape index (κ1) is 19.6. The summed E-state index contributed by atoms with van der Waals surface area (Å²) in [5, 5.41) is 10.2. The van der Waals surface area contributed by atoms with E-state index in [0.717, 1.165) is 5.69 Å². The van der Waals surface area contributed by atoms with Gasteiger partial charge in [0.05, 0.1) is 22.0 Å². The van der Waals surface area contributed by atoms with E-state index >= 15 is 0 Å². The summed E-state index contributed by atoms with van der Waals surface area (Å²) in [6.45, 7) is 3.74. The van der Waals surface area contributed by atoms with Crippen LogP contribution < -0.4 is 10.6 Å². The quantitative estimate of drug-likeness (QED) is 0.663. The van der Waals surface area contributed by atoms with E-state index in [-0.39, 0.29) is 17.7 Å². The molecular weight excluding hydrogens is 376 g/mol. The number of halogens is 1. The first-order valence-electron chi connectivity index (χ1n) is 8.92. The standard InChI is InChI=1S/C21H21ClN4O2/c1-14(2)19(25-20(27)15-8-3-4-9-16(15)22)21(28)24-17-10-5-6-11-18(17)26-13-7-12-23-26/h3-14,19H,1-2H3,(H,24,28)(H,25,27). The highest BCUT2D eigenvalue weighted by Crippen LogP contribution is 2.20. The smallest absolute Gasteiger partial charge is 0.253 e. The Bertz CT molecular complexity index is 970. The van der Waals surface area contributed by atoms with E-state index in [9.17, 15) is 9.59 Å². The molecule has 3 rings (SSSR count). The Morgan fingerprint density at radius 3 is 2.43 bits per heavy atom. The molecule has 1 atom stereocenters. The maximum absolute atomic E-state index is 12.9. The first-order valence-corrected chi connectivity index (χ1v) is 9.30. The van der Waals surface area contributed by atoms with Crippen LogP contribution in [0.15, 0.2) is 67.0 Å². The van der Waals surface area contributed by atoms with Crippen LogP contribution in [-0.2, 0) is 4.79 Å². The van der Waals surface area contributed by atoms with E-state index in [1.165, 1.54) is 0 Å². The number of amides is 2. The maximum Gasteiger partial charge on any atom is 0.253 e. The van der Waals surface area contributed by atoms with Gasteiger partial charge in [-0.1, -0.05) is 49.7 Å². The zero-order chi connectivity index (χ0) is 20.1. The first-order chi connectivity index (χ1) is 13.5. The average molecular weight is 397 g/mol. The molecule has 2 aromatic carbocycles. The number of hydrogen-bond acceptors (Lipinski definition) is 3. The summed E-state index contributed by atoms with van der Waals surface area (Å²) in [4.78, 5) is 25.5.